The van der Waals surface area contributed by atoms with Gasteiger partial charge >= 0.3 is 0 Å². The van der Waals surface area contributed by atoms with Gasteiger partial charge in [0.05, 0.1) is 0 Å². The van der Waals surface area contributed by atoms with Gasteiger partial charge in [0, 0.05) is 17.0 Å². The van der Waals surface area contributed by atoms with Crippen LogP contribution in [0.3, 0.4) is 0 Å². The zero-order chi connectivity index (χ0) is 18.6. The Morgan fingerprint density at radius 2 is 1.58 bits per heavy atom. The second-order valence-electron chi connectivity index (χ2n) is 9.75. The summed E-state index contributed by atoms with van der Waals surface area (Å²) in [5.41, 5.74) is 11.3. The Morgan fingerprint density at radius 3 is 2.31 bits per heavy atom. The van der Waals surface area contributed by atoms with E-state index in [1.54, 1.807) is 16.7 Å². The van der Waals surface area contributed by atoms with E-state index in [9.17, 15) is 5.11 Å². The highest BCUT2D eigenvalue weighted by Crippen LogP contribution is 2.56. The molecule has 0 aliphatic heterocycles. The molecule has 1 N–H and O–H groups in total. The minimum Gasteiger partial charge on any atom is -0.507 e. The maximum Gasteiger partial charge on any atom is 0.127 e. The molecule has 1 unspecified atom stereocenters. The molecule has 0 bridgehead atoms. The van der Waals surface area contributed by atoms with Gasteiger partial charge in [0.15, 0.2) is 0 Å². The van der Waals surface area contributed by atoms with E-state index in [-0.39, 0.29) is 5.41 Å². The lowest BCUT2D eigenvalue weighted by molar-refractivity contribution is 0.444. The Bertz CT molecular complexity index is 814. The topological polar surface area (TPSA) is 20.2 Å². The molecule has 1 nitrogen and oxygen atoms in total. The first-order chi connectivity index (χ1) is 12.3. The van der Waals surface area contributed by atoms with Crippen molar-refractivity contribution in [3.63, 3.8) is 0 Å². The molecule has 3 aliphatic rings. The summed E-state index contributed by atoms with van der Waals surface area (Å²) in [4.78, 5) is 0. The van der Waals surface area contributed by atoms with Crippen molar-refractivity contribution in [3.8, 4) is 5.75 Å². The molecular formula is C25H34O. The molecule has 0 aromatic heterocycles. The molecule has 1 atom stereocenters. The van der Waals surface area contributed by atoms with Gasteiger partial charge in [-0.05, 0) is 86.5 Å². The molecule has 26 heavy (non-hydrogen) atoms. The van der Waals surface area contributed by atoms with Crippen molar-refractivity contribution in [2.75, 3.05) is 0 Å². The Morgan fingerprint density at radius 1 is 0.923 bits per heavy atom. The van der Waals surface area contributed by atoms with Crippen LogP contribution in [0.1, 0.15) is 94.4 Å². The van der Waals surface area contributed by atoms with Gasteiger partial charge in [0.2, 0.25) is 0 Å². The average molecular weight is 351 g/mol. The van der Waals surface area contributed by atoms with Crippen LogP contribution in [0.2, 0.25) is 0 Å². The van der Waals surface area contributed by atoms with Crippen LogP contribution in [0.15, 0.2) is 22.8 Å². The lowest BCUT2D eigenvalue weighted by Crippen LogP contribution is -2.14. The quantitative estimate of drug-likeness (QED) is 0.571. The zero-order valence-corrected chi connectivity index (χ0v) is 17.3. The molecule has 1 saturated carbocycles. The molecule has 1 aromatic rings. The molecule has 1 aromatic carbocycles. The molecule has 0 amide bonds. The van der Waals surface area contributed by atoms with Gasteiger partial charge in [-0.2, -0.15) is 0 Å². The third-order valence-electron chi connectivity index (χ3n) is 7.04. The molecule has 4 rings (SSSR count). The maximum absolute atomic E-state index is 11.4. The van der Waals surface area contributed by atoms with Crippen LogP contribution >= 0.6 is 0 Å². The summed E-state index contributed by atoms with van der Waals surface area (Å²) in [6.45, 7) is 11.1. The first-order valence-corrected chi connectivity index (χ1v) is 10.6. The number of aryl methyl sites for hydroxylation is 1. The van der Waals surface area contributed by atoms with E-state index in [1.165, 1.54) is 73.6 Å². The van der Waals surface area contributed by atoms with Crippen LogP contribution < -0.4 is 0 Å². The highest BCUT2D eigenvalue weighted by Gasteiger charge is 2.38. The molecule has 1 fully saturated rings. The van der Waals surface area contributed by atoms with Crippen molar-refractivity contribution in [3.05, 3.63) is 45.0 Å². The highest BCUT2D eigenvalue weighted by atomic mass is 16.3. The van der Waals surface area contributed by atoms with Crippen molar-refractivity contribution < 1.29 is 5.11 Å². The number of allylic oxidation sites excluding steroid dienone is 4. The predicted octanol–water partition coefficient (Wildman–Crippen LogP) is 7.13. The van der Waals surface area contributed by atoms with Crippen molar-refractivity contribution in [1.29, 1.82) is 0 Å². The Hall–Kier alpha value is -1.50. The lowest BCUT2D eigenvalue weighted by atomic mass is 9.78. The Labute approximate surface area is 159 Å². The molecular weight excluding hydrogens is 316 g/mol. The van der Waals surface area contributed by atoms with E-state index < -0.39 is 0 Å². The summed E-state index contributed by atoms with van der Waals surface area (Å²) < 4.78 is 0. The van der Waals surface area contributed by atoms with Crippen LogP contribution in [0.5, 0.6) is 5.75 Å². The Kier molecular flexibility index (Phi) is 4.33. The minimum atomic E-state index is -0.0448. The van der Waals surface area contributed by atoms with Gasteiger partial charge < -0.3 is 5.11 Å². The van der Waals surface area contributed by atoms with E-state index in [0.717, 1.165) is 5.56 Å². The number of hydrogen-bond donors (Lipinski definition) is 1. The zero-order valence-electron chi connectivity index (χ0n) is 17.3. The summed E-state index contributed by atoms with van der Waals surface area (Å²) in [7, 11) is 0. The van der Waals surface area contributed by atoms with Gasteiger partial charge in [-0.3, -0.25) is 0 Å². The van der Waals surface area contributed by atoms with Crippen LogP contribution in [0.25, 0.3) is 5.57 Å². The van der Waals surface area contributed by atoms with Gasteiger partial charge in [0.1, 0.15) is 5.75 Å². The first kappa shape index (κ1) is 17.9. The van der Waals surface area contributed by atoms with E-state index in [1.807, 2.05) is 0 Å². The molecule has 3 aliphatic carbocycles. The monoisotopic (exact) mass is 350 g/mol. The first-order valence-electron chi connectivity index (χ1n) is 10.6. The average Bonchev–Trinajstić information content (AvgIpc) is 2.92. The number of phenols is 1. The van der Waals surface area contributed by atoms with Crippen LogP contribution in [-0.4, -0.2) is 5.11 Å². The number of fused-ring (bicyclic) bond motifs is 2. The lowest BCUT2D eigenvalue weighted by Gasteiger charge is -2.27. The predicted molar refractivity (Wildman–Crippen MR) is 111 cm³/mol. The van der Waals surface area contributed by atoms with E-state index in [2.05, 4.69) is 40.7 Å². The van der Waals surface area contributed by atoms with Crippen molar-refractivity contribution in [1.82, 2.24) is 0 Å². The van der Waals surface area contributed by atoms with Crippen molar-refractivity contribution in [2.45, 2.75) is 91.4 Å². The van der Waals surface area contributed by atoms with Crippen molar-refractivity contribution in [2.24, 2.45) is 5.92 Å². The number of hydrogen-bond acceptors (Lipinski definition) is 1. The molecule has 0 radical (unpaired) electrons. The second-order valence-corrected chi connectivity index (χ2v) is 9.75. The summed E-state index contributed by atoms with van der Waals surface area (Å²) >= 11 is 0. The molecule has 0 spiro atoms. The molecule has 0 heterocycles. The second kappa shape index (κ2) is 6.29. The fraction of sp³-hybridized carbons (Fsp3) is 0.600. The fourth-order valence-corrected chi connectivity index (χ4v) is 5.58. The number of phenolic OH excluding ortho intramolecular Hbond substituents is 1. The third-order valence-corrected chi connectivity index (χ3v) is 7.04. The van der Waals surface area contributed by atoms with E-state index in [4.69, 9.17) is 0 Å². The molecule has 0 saturated heterocycles. The van der Waals surface area contributed by atoms with Crippen LogP contribution in [0, 0.1) is 19.8 Å². The van der Waals surface area contributed by atoms with Gasteiger partial charge in [-0.15, -0.1) is 0 Å². The Balaban J connectivity index is 1.99. The number of rotatable bonds is 1. The van der Waals surface area contributed by atoms with E-state index in [0.29, 0.717) is 11.7 Å². The normalized spacial score (nSPS) is 23.3. The molecule has 1 heteroatoms. The minimum absolute atomic E-state index is 0.0448. The maximum atomic E-state index is 11.4. The molecule has 140 valence electrons. The highest BCUT2D eigenvalue weighted by molar-refractivity contribution is 5.91. The summed E-state index contributed by atoms with van der Waals surface area (Å²) in [6.07, 6.45) is 10.4. The van der Waals surface area contributed by atoms with E-state index >= 15 is 0 Å². The SMILES string of the molecule is Cc1cc(C(C)(C)C)c(O)c(C2=C3CCCCC3C3=C2CCCC3)c1C. The van der Waals surface area contributed by atoms with Crippen LogP contribution in [0.4, 0.5) is 0 Å². The summed E-state index contributed by atoms with van der Waals surface area (Å²) in [5.74, 6) is 1.23. The number of benzene rings is 1. The smallest absolute Gasteiger partial charge is 0.127 e. The van der Waals surface area contributed by atoms with Gasteiger partial charge in [-0.25, -0.2) is 0 Å². The summed E-state index contributed by atoms with van der Waals surface area (Å²) in [5, 5.41) is 11.4. The largest absolute Gasteiger partial charge is 0.507 e. The summed E-state index contributed by atoms with van der Waals surface area (Å²) in [6, 6.07) is 2.21. The van der Waals surface area contributed by atoms with Gasteiger partial charge in [-0.1, -0.05) is 44.4 Å². The standard InChI is InChI=1S/C25H34O/c1-15-14-21(25(3,4)5)24(26)22(16(15)2)23-19-12-8-6-10-17(19)18-11-7-9-13-20(18)23/h14,17,26H,6-13H2,1-5H3. The third kappa shape index (κ3) is 2.66. The fourth-order valence-electron chi connectivity index (χ4n) is 5.58. The number of aromatic hydroxyl groups is 1. The van der Waals surface area contributed by atoms with Gasteiger partial charge in [0.25, 0.3) is 0 Å². The van der Waals surface area contributed by atoms with Crippen LogP contribution in [-0.2, 0) is 5.41 Å². The van der Waals surface area contributed by atoms with Crippen molar-refractivity contribution >= 4 is 5.57 Å².